The number of hydrogen-bond donors (Lipinski definition) is 0. The lowest BCUT2D eigenvalue weighted by molar-refractivity contribution is 0.0436. The number of allylic oxidation sites excluding steroid dienone is 1. The summed E-state index contributed by atoms with van der Waals surface area (Å²) in [4.78, 5) is 17.8. The van der Waals surface area contributed by atoms with Crippen molar-refractivity contribution in [3.8, 4) is 6.07 Å². The van der Waals surface area contributed by atoms with E-state index in [0.29, 0.717) is 17.5 Å². The van der Waals surface area contributed by atoms with Crippen LogP contribution in [0.4, 0.5) is 4.39 Å². The van der Waals surface area contributed by atoms with Gasteiger partial charge in [-0.2, -0.15) is 5.26 Å². The molecule has 4 rings (SSSR count). The molecule has 5 heteroatoms. The van der Waals surface area contributed by atoms with Gasteiger partial charge in [-0.25, -0.2) is 14.2 Å². The average Bonchev–Trinajstić information content (AvgIpc) is 2.73. The molecule has 29 heavy (non-hydrogen) atoms. The van der Waals surface area contributed by atoms with Gasteiger partial charge in [0.1, 0.15) is 11.9 Å². The maximum Gasteiger partial charge on any atom is 0.340 e. The number of nitrogens with zero attached hydrogens (tertiary/aromatic N) is 2. The number of esters is 1. The molecule has 0 radical (unpaired) electrons. The highest BCUT2D eigenvalue weighted by Crippen LogP contribution is 2.36. The Hall–Kier alpha value is -3.52. The molecule has 0 saturated heterocycles. The molecular weight excluding hydrogens is 367 g/mol. The molecule has 1 aromatic heterocycles. The Morgan fingerprint density at radius 2 is 1.97 bits per heavy atom. The van der Waals surface area contributed by atoms with Crippen LogP contribution in [-0.4, -0.2) is 17.1 Å². The Balaban J connectivity index is 1.89. The van der Waals surface area contributed by atoms with E-state index in [0.717, 1.165) is 40.6 Å². The fraction of sp³-hybridized carbons (Fsp3) is 0.208. The first-order valence-corrected chi connectivity index (χ1v) is 9.55. The van der Waals surface area contributed by atoms with E-state index in [1.54, 1.807) is 19.1 Å². The van der Waals surface area contributed by atoms with E-state index in [-0.39, 0.29) is 5.82 Å². The Bertz CT molecular complexity index is 1160. The number of halogens is 1. The van der Waals surface area contributed by atoms with E-state index < -0.39 is 12.1 Å². The van der Waals surface area contributed by atoms with Crippen LogP contribution in [0.3, 0.4) is 0 Å². The number of ether oxygens (including phenoxy) is 1. The quantitative estimate of drug-likeness (QED) is 0.572. The smallest absolute Gasteiger partial charge is 0.340 e. The highest BCUT2D eigenvalue weighted by molar-refractivity contribution is 6.06. The Morgan fingerprint density at radius 1 is 1.21 bits per heavy atom. The Labute approximate surface area is 168 Å². The molecule has 0 unspecified atom stereocenters. The number of nitriles is 1. The second-order valence-corrected chi connectivity index (χ2v) is 7.08. The van der Waals surface area contributed by atoms with Gasteiger partial charge in [0.05, 0.1) is 16.8 Å². The summed E-state index contributed by atoms with van der Waals surface area (Å²) in [6.45, 7) is 1.55. The van der Waals surface area contributed by atoms with E-state index in [4.69, 9.17) is 15.0 Å². The van der Waals surface area contributed by atoms with Gasteiger partial charge in [0.25, 0.3) is 0 Å². The summed E-state index contributed by atoms with van der Waals surface area (Å²) in [5.74, 6) is -0.783. The number of fused-ring (bicyclic) bond motifs is 2. The second kappa shape index (κ2) is 7.84. The zero-order valence-corrected chi connectivity index (χ0v) is 16.0. The predicted molar refractivity (Wildman–Crippen MR) is 109 cm³/mol. The summed E-state index contributed by atoms with van der Waals surface area (Å²) < 4.78 is 18.6. The summed E-state index contributed by atoms with van der Waals surface area (Å²) in [5.41, 5.74) is 4.69. The summed E-state index contributed by atoms with van der Waals surface area (Å²) in [6.07, 6.45) is 3.56. The van der Waals surface area contributed by atoms with Gasteiger partial charge in [-0.3, -0.25) is 0 Å². The Morgan fingerprint density at radius 3 is 2.72 bits per heavy atom. The van der Waals surface area contributed by atoms with Crippen molar-refractivity contribution in [3.05, 3.63) is 76.7 Å². The topological polar surface area (TPSA) is 63.0 Å². The van der Waals surface area contributed by atoms with Crippen LogP contribution in [0.1, 0.15) is 46.9 Å². The minimum atomic E-state index is -0.831. The molecular formula is C24H19FN2O2. The third-order valence-corrected chi connectivity index (χ3v) is 5.05. The van der Waals surface area contributed by atoms with Gasteiger partial charge in [0.15, 0.2) is 6.10 Å². The molecule has 1 atom stereocenters. The van der Waals surface area contributed by atoms with E-state index >= 15 is 0 Å². The molecule has 0 fully saturated rings. The molecule has 0 bridgehead atoms. The van der Waals surface area contributed by atoms with Crippen molar-refractivity contribution >= 4 is 28.5 Å². The fourth-order valence-corrected chi connectivity index (χ4v) is 3.71. The highest BCUT2D eigenvalue weighted by atomic mass is 19.1. The number of pyridine rings is 1. The maximum atomic E-state index is 13.2. The third-order valence-electron chi connectivity index (χ3n) is 5.05. The van der Waals surface area contributed by atoms with Crippen LogP contribution in [0.25, 0.3) is 22.6 Å². The van der Waals surface area contributed by atoms with Crippen LogP contribution in [0.2, 0.25) is 0 Å². The van der Waals surface area contributed by atoms with Crippen molar-refractivity contribution in [2.75, 3.05) is 0 Å². The molecule has 1 aliphatic carbocycles. The van der Waals surface area contributed by atoms with Gasteiger partial charge < -0.3 is 4.74 Å². The molecule has 3 aromatic rings. The largest absolute Gasteiger partial charge is 0.444 e. The molecule has 0 spiro atoms. The molecule has 1 aliphatic rings. The van der Waals surface area contributed by atoms with E-state index in [9.17, 15) is 9.18 Å². The van der Waals surface area contributed by atoms with Gasteiger partial charge in [0, 0.05) is 5.39 Å². The molecule has 1 heterocycles. The summed E-state index contributed by atoms with van der Waals surface area (Å²) in [7, 11) is 0. The first kappa shape index (κ1) is 18.8. The van der Waals surface area contributed by atoms with E-state index in [1.165, 1.54) is 12.1 Å². The van der Waals surface area contributed by atoms with Crippen LogP contribution < -0.4 is 0 Å². The third kappa shape index (κ3) is 3.74. The standard InChI is InChI=1S/C24H19FN2O2/c1-15(14-26)29-24(28)22-19-6-2-3-8-21(19)27-23-17(5-4-7-20(22)23)13-16-9-11-18(25)12-10-16/h2-3,6,8-13,15H,4-5,7H2,1H3/b17-13-/t15-/m0/s1. The first-order valence-electron chi connectivity index (χ1n) is 9.55. The number of benzene rings is 2. The average molecular weight is 386 g/mol. The van der Waals surface area contributed by atoms with Crippen LogP contribution in [0.15, 0.2) is 48.5 Å². The minimum absolute atomic E-state index is 0.281. The predicted octanol–water partition coefficient (Wildman–Crippen LogP) is 5.32. The van der Waals surface area contributed by atoms with Crippen molar-refractivity contribution in [1.29, 1.82) is 5.26 Å². The number of carbonyl (C=O) groups is 1. The Kier molecular flexibility index (Phi) is 5.09. The summed E-state index contributed by atoms with van der Waals surface area (Å²) >= 11 is 0. The van der Waals surface area contributed by atoms with Gasteiger partial charge in [-0.05, 0) is 67.2 Å². The molecule has 0 aliphatic heterocycles. The second-order valence-electron chi connectivity index (χ2n) is 7.08. The van der Waals surface area contributed by atoms with Crippen molar-refractivity contribution in [2.24, 2.45) is 0 Å². The van der Waals surface area contributed by atoms with E-state index in [2.05, 4.69) is 0 Å². The molecule has 2 aromatic carbocycles. The van der Waals surface area contributed by atoms with Crippen LogP contribution in [-0.2, 0) is 11.2 Å². The number of aromatic nitrogens is 1. The first-order chi connectivity index (χ1) is 14.1. The zero-order valence-electron chi connectivity index (χ0n) is 16.0. The van der Waals surface area contributed by atoms with Crippen LogP contribution >= 0.6 is 0 Å². The van der Waals surface area contributed by atoms with Crippen LogP contribution in [0.5, 0.6) is 0 Å². The van der Waals surface area contributed by atoms with Crippen LogP contribution in [0, 0.1) is 17.1 Å². The van der Waals surface area contributed by atoms with Crippen molar-refractivity contribution in [3.63, 3.8) is 0 Å². The summed E-state index contributed by atoms with van der Waals surface area (Å²) in [5, 5.41) is 9.76. The van der Waals surface area contributed by atoms with Crippen molar-refractivity contribution < 1.29 is 13.9 Å². The highest BCUT2D eigenvalue weighted by Gasteiger charge is 2.26. The lowest BCUT2D eigenvalue weighted by Crippen LogP contribution is -2.18. The molecule has 0 amide bonds. The van der Waals surface area contributed by atoms with Crippen molar-refractivity contribution in [2.45, 2.75) is 32.3 Å². The molecule has 4 nitrogen and oxygen atoms in total. The zero-order chi connectivity index (χ0) is 20.4. The van der Waals surface area contributed by atoms with Gasteiger partial charge in [0.2, 0.25) is 0 Å². The van der Waals surface area contributed by atoms with E-state index in [1.807, 2.05) is 36.4 Å². The van der Waals surface area contributed by atoms with Crippen molar-refractivity contribution in [1.82, 2.24) is 4.98 Å². The number of rotatable bonds is 3. The van der Waals surface area contributed by atoms with Gasteiger partial charge in [-0.1, -0.05) is 30.3 Å². The summed E-state index contributed by atoms with van der Waals surface area (Å²) in [6, 6.07) is 15.7. The van der Waals surface area contributed by atoms with Gasteiger partial charge in [-0.15, -0.1) is 0 Å². The van der Waals surface area contributed by atoms with Gasteiger partial charge >= 0.3 is 5.97 Å². The number of hydrogen-bond acceptors (Lipinski definition) is 4. The SMILES string of the molecule is C[C@@H](C#N)OC(=O)c1c2c(nc3ccccc13)/C(=C\c1ccc(F)cc1)CCC2. The fourth-order valence-electron chi connectivity index (χ4n) is 3.71. The normalized spacial score (nSPS) is 15.6. The number of para-hydroxylation sites is 1. The minimum Gasteiger partial charge on any atom is -0.444 e. The maximum absolute atomic E-state index is 13.2. The molecule has 144 valence electrons. The monoisotopic (exact) mass is 386 g/mol. The number of carbonyl (C=O) groups excluding carboxylic acids is 1. The lowest BCUT2D eigenvalue weighted by atomic mass is 9.86. The lowest BCUT2D eigenvalue weighted by Gasteiger charge is -2.22. The molecule has 0 N–H and O–H groups in total. The molecule has 0 saturated carbocycles.